The topological polar surface area (TPSA) is 61.8 Å². The van der Waals surface area contributed by atoms with Gasteiger partial charge in [0.05, 0.1) is 0 Å². The molecule has 1 unspecified atom stereocenters. The molecule has 1 heterocycles. The molecule has 0 amide bonds. The van der Waals surface area contributed by atoms with E-state index in [9.17, 15) is 9.59 Å². The van der Waals surface area contributed by atoms with Crippen LogP contribution in [0.5, 0.6) is 0 Å². The fourth-order valence-electron chi connectivity index (χ4n) is 1.64. The van der Waals surface area contributed by atoms with E-state index < -0.39 is 29.2 Å². The van der Waals surface area contributed by atoms with Crippen molar-refractivity contribution in [3.05, 3.63) is 12.7 Å². The van der Waals surface area contributed by atoms with Crippen molar-refractivity contribution in [2.75, 3.05) is 6.61 Å². The highest BCUT2D eigenvalue weighted by atomic mass is 16.7. The van der Waals surface area contributed by atoms with Crippen LogP contribution >= 0.6 is 0 Å². The van der Waals surface area contributed by atoms with Crippen molar-refractivity contribution in [2.45, 2.75) is 39.6 Å². The van der Waals surface area contributed by atoms with Gasteiger partial charge in [-0.25, -0.2) is 0 Å². The molecule has 17 heavy (non-hydrogen) atoms. The number of hydrogen-bond donors (Lipinski definition) is 0. The lowest BCUT2D eigenvalue weighted by molar-refractivity contribution is -0.256. The van der Waals surface area contributed by atoms with Gasteiger partial charge in [-0.15, -0.1) is 6.58 Å². The minimum atomic E-state index is -1.49. The molecule has 5 heteroatoms. The molecule has 1 atom stereocenters. The summed E-state index contributed by atoms with van der Waals surface area (Å²) in [5.41, 5.74) is -1.49. The summed E-state index contributed by atoms with van der Waals surface area (Å²) in [5.74, 6) is -2.54. The lowest BCUT2D eigenvalue weighted by Gasteiger charge is -2.40. The quantitative estimate of drug-likeness (QED) is 0.424. The minimum absolute atomic E-state index is 0.357. The molecule has 0 bridgehead atoms. The first kappa shape index (κ1) is 13.7. The Kier molecular flexibility index (Phi) is 3.62. The zero-order chi connectivity index (χ0) is 13.3. The van der Waals surface area contributed by atoms with E-state index in [1.54, 1.807) is 6.92 Å². The van der Waals surface area contributed by atoms with Crippen molar-refractivity contribution in [3.8, 4) is 0 Å². The van der Waals surface area contributed by atoms with Gasteiger partial charge in [0.15, 0.2) is 5.41 Å². The average Bonchev–Trinajstić information content (AvgIpc) is 2.21. The van der Waals surface area contributed by atoms with E-state index >= 15 is 0 Å². The molecule has 1 rings (SSSR count). The third-order valence-electron chi connectivity index (χ3n) is 2.65. The molecule has 0 aromatic rings. The van der Waals surface area contributed by atoms with E-state index in [1.165, 1.54) is 26.8 Å². The highest BCUT2D eigenvalue weighted by molar-refractivity contribution is 6.02. The van der Waals surface area contributed by atoms with E-state index in [-0.39, 0.29) is 0 Å². The maximum absolute atomic E-state index is 12.0. The minimum Gasteiger partial charge on any atom is -0.422 e. The number of hydrogen-bond acceptors (Lipinski definition) is 5. The van der Waals surface area contributed by atoms with Crippen molar-refractivity contribution in [2.24, 2.45) is 5.41 Å². The Morgan fingerprint density at radius 3 is 2.12 bits per heavy atom. The fraction of sp³-hybridized carbons (Fsp3) is 0.667. The van der Waals surface area contributed by atoms with Crippen molar-refractivity contribution < 1.29 is 23.8 Å². The van der Waals surface area contributed by atoms with Gasteiger partial charge in [0.2, 0.25) is 0 Å². The number of esters is 2. The Bertz CT molecular complexity index is 325. The van der Waals surface area contributed by atoms with Gasteiger partial charge in [-0.1, -0.05) is 6.08 Å². The van der Waals surface area contributed by atoms with Crippen molar-refractivity contribution in [3.63, 3.8) is 0 Å². The second kappa shape index (κ2) is 4.49. The first-order valence-electron chi connectivity index (χ1n) is 5.49. The Balaban J connectivity index is 3.06. The number of cyclic esters (lactones) is 2. The lowest BCUT2D eigenvalue weighted by Crippen LogP contribution is -2.57. The summed E-state index contributed by atoms with van der Waals surface area (Å²) in [6.45, 7) is 10.1. The Hall–Kier alpha value is -1.36. The van der Waals surface area contributed by atoms with E-state index in [0.29, 0.717) is 6.61 Å². The molecule has 1 aliphatic heterocycles. The SMILES string of the molecule is C=CC(OCC)C1(C)C(=O)OC(C)(C)OC1=O. The van der Waals surface area contributed by atoms with Crippen LogP contribution in [0.4, 0.5) is 0 Å². The third kappa shape index (κ3) is 2.34. The predicted molar refractivity (Wildman–Crippen MR) is 60.0 cm³/mol. The summed E-state index contributed by atoms with van der Waals surface area (Å²) >= 11 is 0. The zero-order valence-electron chi connectivity index (χ0n) is 10.6. The number of ether oxygens (including phenoxy) is 3. The summed E-state index contributed by atoms with van der Waals surface area (Å²) in [6, 6.07) is 0. The maximum Gasteiger partial charge on any atom is 0.329 e. The summed E-state index contributed by atoms with van der Waals surface area (Å²) < 4.78 is 15.5. The second-order valence-corrected chi connectivity index (χ2v) is 4.49. The van der Waals surface area contributed by atoms with Crippen molar-refractivity contribution >= 4 is 11.9 Å². The van der Waals surface area contributed by atoms with Gasteiger partial charge in [-0.05, 0) is 13.8 Å². The Morgan fingerprint density at radius 1 is 1.29 bits per heavy atom. The first-order chi connectivity index (χ1) is 7.78. The molecular weight excluding hydrogens is 224 g/mol. The average molecular weight is 242 g/mol. The van der Waals surface area contributed by atoms with Gasteiger partial charge in [-0.3, -0.25) is 9.59 Å². The molecule has 0 spiro atoms. The highest BCUT2D eigenvalue weighted by Gasteiger charge is 2.57. The lowest BCUT2D eigenvalue weighted by atomic mass is 9.83. The standard InChI is InChI=1S/C12H18O5/c1-6-8(15-7-2)12(5)9(13)16-11(3,4)17-10(12)14/h6,8H,1,7H2,2-5H3. The molecule has 5 nitrogen and oxygen atoms in total. The molecule has 0 saturated carbocycles. The fourth-order valence-corrected chi connectivity index (χ4v) is 1.64. The maximum atomic E-state index is 12.0. The van der Waals surface area contributed by atoms with Crippen LogP contribution in [0.25, 0.3) is 0 Å². The van der Waals surface area contributed by atoms with Crippen LogP contribution < -0.4 is 0 Å². The van der Waals surface area contributed by atoms with Gasteiger partial charge in [-0.2, -0.15) is 0 Å². The molecular formula is C12H18O5. The van der Waals surface area contributed by atoms with Gasteiger partial charge < -0.3 is 14.2 Å². The van der Waals surface area contributed by atoms with Crippen LogP contribution in [-0.2, 0) is 23.8 Å². The number of rotatable bonds is 4. The van der Waals surface area contributed by atoms with E-state index in [2.05, 4.69) is 6.58 Å². The molecule has 0 N–H and O–H groups in total. The Morgan fingerprint density at radius 2 is 1.76 bits per heavy atom. The Labute approximate surface area is 101 Å². The molecule has 0 radical (unpaired) electrons. The van der Waals surface area contributed by atoms with Crippen molar-refractivity contribution in [1.82, 2.24) is 0 Å². The normalized spacial score (nSPS) is 23.5. The van der Waals surface area contributed by atoms with Crippen molar-refractivity contribution in [1.29, 1.82) is 0 Å². The van der Waals surface area contributed by atoms with Gasteiger partial charge in [0, 0.05) is 20.5 Å². The molecule has 0 aliphatic carbocycles. The van der Waals surface area contributed by atoms with E-state index in [4.69, 9.17) is 14.2 Å². The highest BCUT2D eigenvalue weighted by Crippen LogP contribution is 2.36. The zero-order valence-corrected chi connectivity index (χ0v) is 10.6. The van der Waals surface area contributed by atoms with Gasteiger partial charge >= 0.3 is 11.9 Å². The smallest absolute Gasteiger partial charge is 0.329 e. The van der Waals surface area contributed by atoms with E-state index in [0.717, 1.165) is 0 Å². The summed E-state index contributed by atoms with van der Waals surface area (Å²) in [7, 11) is 0. The summed E-state index contributed by atoms with van der Waals surface area (Å²) in [6.07, 6.45) is 0.647. The van der Waals surface area contributed by atoms with Crippen LogP contribution in [-0.4, -0.2) is 30.4 Å². The summed E-state index contributed by atoms with van der Waals surface area (Å²) in [4.78, 5) is 23.9. The third-order valence-corrected chi connectivity index (χ3v) is 2.65. The molecule has 0 aromatic heterocycles. The second-order valence-electron chi connectivity index (χ2n) is 4.49. The molecule has 1 fully saturated rings. The van der Waals surface area contributed by atoms with Crippen LogP contribution in [0.1, 0.15) is 27.7 Å². The first-order valence-corrected chi connectivity index (χ1v) is 5.49. The van der Waals surface area contributed by atoms with Crippen LogP contribution in [0.15, 0.2) is 12.7 Å². The number of carbonyl (C=O) groups excluding carboxylic acids is 2. The molecule has 0 aromatic carbocycles. The predicted octanol–water partition coefficient (Wildman–Crippen LogP) is 1.42. The van der Waals surface area contributed by atoms with Gasteiger partial charge in [0.25, 0.3) is 5.79 Å². The largest absolute Gasteiger partial charge is 0.422 e. The molecule has 96 valence electrons. The van der Waals surface area contributed by atoms with E-state index in [1.807, 2.05) is 0 Å². The molecule has 1 saturated heterocycles. The molecule has 1 aliphatic rings. The monoisotopic (exact) mass is 242 g/mol. The van der Waals surface area contributed by atoms with Crippen LogP contribution in [0.2, 0.25) is 0 Å². The van der Waals surface area contributed by atoms with Crippen LogP contribution in [0.3, 0.4) is 0 Å². The number of carbonyl (C=O) groups is 2. The van der Waals surface area contributed by atoms with Crippen LogP contribution in [0, 0.1) is 5.41 Å². The van der Waals surface area contributed by atoms with Gasteiger partial charge in [0.1, 0.15) is 6.10 Å². The summed E-state index contributed by atoms with van der Waals surface area (Å²) in [5, 5.41) is 0.